The average molecular weight is 422 g/mol. The van der Waals surface area contributed by atoms with Gasteiger partial charge in [-0.3, -0.25) is 15.2 Å². The van der Waals surface area contributed by atoms with E-state index in [1.165, 1.54) is 0 Å². The summed E-state index contributed by atoms with van der Waals surface area (Å²) in [5.74, 6) is 0.651. The van der Waals surface area contributed by atoms with Crippen molar-refractivity contribution in [2.24, 2.45) is 0 Å². The number of likely N-dealkylation sites (N-methyl/N-ethyl adjacent to an activating group) is 1. The number of carbonyl (C=O) groups is 2. The summed E-state index contributed by atoms with van der Waals surface area (Å²) in [7, 11) is 0. The average Bonchev–Trinajstić information content (AvgIpc) is 3.49. The van der Waals surface area contributed by atoms with Crippen LogP contribution in [0, 0.1) is 0 Å². The highest BCUT2D eigenvalue weighted by molar-refractivity contribution is 6.09. The molecule has 5 rings (SSSR count). The predicted octanol–water partition coefficient (Wildman–Crippen LogP) is 4.09. The molecule has 162 valence electrons. The van der Waals surface area contributed by atoms with Gasteiger partial charge >= 0.3 is 6.09 Å². The number of aromatic nitrogens is 4. The monoisotopic (exact) mass is 422 g/mol. The van der Waals surface area contributed by atoms with Gasteiger partial charge in [0.05, 0.1) is 34.0 Å². The zero-order valence-corrected chi connectivity index (χ0v) is 17.9. The van der Waals surface area contributed by atoms with E-state index in [9.17, 15) is 9.59 Å². The van der Waals surface area contributed by atoms with Gasteiger partial charge in [-0.1, -0.05) is 0 Å². The maximum absolute atomic E-state index is 12.8. The first-order valence-electron chi connectivity index (χ1n) is 10.8. The van der Waals surface area contributed by atoms with Crippen LogP contribution in [0.1, 0.15) is 52.0 Å². The molecule has 0 bridgehead atoms. The van der Waals surface area contributed by atoms with Crippen LogP contribution in [0.3, 0.4) is 0 Å². The third-order valence-electron chi connectivity index (χ3n) is 6.35. The summed E-state index contributed by atoms with van der Waals surface area (Å²) in [5.41, 5.74) is 3.92. The van der Waals surface area contributed by atoms with E-state index >= 15 is 0 Å². The fraction of sp³-hybridized carbons (Fsp3) is 0.455. The van der Waals surface area contributed by atoms with Crippen molar-refractivity contribution in [3.63, 3.8) is 0 Å². The lowest BCUT2D eigenvalue weighted by Crippen LogP contribution is -2.35. The van der Waals surface area contributed by atoms with E-state index in [0.29, 0.717) is 23.8 Å². The topological polar surface area (TPSA) is 116 Å². The minimum atomic E-state index is -0.588. The van der Waals surface area contributed by atoms with Crippen molar-refractivity contribution in [1.29, 1.82) is 0 Å². The smallest absolute Gasteiger partial charge is 0.412 e. The van der Waals surface area contributed by atoms with Gasteiger partial charge in [-0.15, -0.1) is 0 Å². The van der Waals surface area contributed by atoms with Gasteiger partial charge in [0, 0.05) is 6.54 Å². The summed E-state index contributed by atoms with van der Waals surface area (Å²) in [6, 6.07) is 3.94. The van der Waals surface area contributed by atoms with E-state index in [4.69, 9.17) is 4.74 Å². The zero-order valence-electron chi connectivity index (χ0n) is 17.9. The summed E-state index contributed by atoms with van der Waals surface area (Å²) in [6.45, 7) is 6.46. The minimum absolute atomic E-state index is 0.0171. The van der Waals surface area contributed by atoms with Crippen LogP contribution in [0.5, 0.6) is 0 Å². The Balaban J connectivity index is 1.45. The maximum atomic E-state index is 12.8. The van der Waals surface area contributed by atoms with Gasteiger partial charge in [-0.25, -0.2) is 9.78 Å². The molecule has 3 N–H and O–H groups in total. The first kappa shape index (κ1) is 19.6. The van der Waals surface area contributed by atoms with Gasteiger partial charge < -0.3 is 14.6 Å². The van der Waals surface area contributed by atoms with Gasteiger partial charge in [0.2, 0.25) is 5.91 Å². The minimum Gasteiger partial charge on any atom is -0.446 e. The highest BCUT2D eigenvalue weighted by atomic mass is 16.6. The number of nitrogens with zero attached hydrogens (tertiary/aromatic N) is 3. The second-order valence-corrected chi connectivity index (χ2v) is 8.74. The molecule has 0 atom stereocenters. The number of fused-ring (bicyclic) bond motifs is 2. The Hall–Kier alpha value is -3.36. The normalized spacial score (nSPS) is 18.0. The lowest BCUT2D eigenvalue weighted by molar-refractivity contribution is -0.122. The largest absolute Gasteiger partial charge is 0.446 e. The summed E-state index contributed by atoms with van der Waals surface area (Å²) in [4.78, 5) is 34.8. The van der Waals surface area contributed by atoms with Crippen molar-refractivity contribution >= 4 is 34.4 Å². The number of anilines is 2. The first-order chi connectivity index (χ1) is 14.9. The van der Waals surface area contributed by atoms with Crippen LogP contribution in [0.4, 0.5) is 16.2 Å². The number of hydrogen-bond donors (Lipinski definition) is 3. The van der Waals surface area contributed by atoms with Crippen LogP contribution in [0.15, 0.2) is 18.3 Å². The van der Waals surface area contributed by atoms with Crippen LogP contribution in [0.2, 0.25) is 0 Å². The Morgan fingerprint density at radius 1 is 1.32 bits per heavy atom. The molecule has 0 unspecified atom stereocenters. The van der Waals surface area contributed by atoms with Crippen molar-refractivity contribution < 1.29 is 14.3 Å². The number of aromatic amines is 2. The van der Waals surface area contributed by atoms with E-state index in [2.05, 4.69) is 25.5 Å². The molecule has 2 aromatic heterocycles. The summed E-state index contributed by atoms with van der Waals surface area (Å²) >= 11 is 0. The highest BCUT2D eigenvalue weighted by Gasteiger charge is 2.43. The van der Waals surface area contributed by atoms with Crippen LogP contribution in [0.25, 0.3) is 22.6 Å². The molecule has 1 aliphatic heterocycles. The van der Waals surface area contributed by atoms with Crippen molar-refractivity contribution in [2.75, 3.05) is 16.8 Å². The van der Waals surface area contributed by atoms with Crippen LogP contribution in [-0.4, -0.2) is 44.8 Å². The molecule has 1 fully saturated rings. The third-order valence-corrected chi connectivity index (χ3v) is 6.35. The molecule has 3 heterocycles. The molecule has 1 aliphatic carbocycles. The van der Waals surface area contributed by atoms with E-state index < -0.39 is 11.5 Å². The molecule has 3 aromatic rings. The Bertz CT molecular complexity index is 1170. The zero-order chi connectivity index (χ0) is 21.8. The lowest BCUT2D eigenvalue weighted by Gasteiger charge is -2.18. The van der Waals surface area contributed by atoms with Gasteiger partial charge in [-0.05, 0) is 64.2 Å². The van der Waals surface area contributed by atoms with Gasteiger partial charge in [-0.2, -0.15) is 5.10 Å². The van der Waals surface area contributed by atoms with E-state index in [-0.39, 0.29) is 12.0 Å². The van der Waals surface area contributed by atoms with E-state index in [1.807, 2.05) is 32.9 Å². The Kier molecular flexibility index (Phi) is 4.49. The van der Waals surface area contributed by atoms with Crippen molar-refractivity contribution in [2.45, 2.75) is 58.0 Å². The number of nitrogens with one attached hydrogen (secondary N) is 3. The summed E-state index contributed by atoms with van der Waals surface area (Å²) in [5, 5.41) is 9.74. The van der Waals surface area contributed by atoms with Crippen LogP contribution >= 0.6 is 0 Å². The Morgan fingerprint density at radius 3 is 2.84 bits per heavy atom. The highest BCUT2D eigenvalue weighted by Crippen LogP contribution is 2.43. The molecule has 9 heteroatoms. The number of rotatable bonds is 4. The molecule has 2 aliphatic rings. The van der Waals surface area contributed by atoms with Crippen LogP contribution < -0.4 is 10.2 Å². The molecule has 0 spiro atoms. The molecular formula is C22H26N6O3. The van der Waals surface area contributed by atoms with Crippen molar-refractivity contribution in [3.8, 4) is 11.5 Å². The number of ether oxygens (including phenoxy) is 1. The summed E-state index contributed by atoms with van der Waals surface area (Å²) in [6.07, 6.45) is 5.05. The Labute approximate surface area is 179 Å². The van der Waals surface area contributed by atoms with Gasteiger partial charge in [0.1, 0.15) is 11.8 Å². The van der Waals surface area contributed by atoms with Crippen LogP contribution in [-0.2, 0) is 14.9 Å². The quantitative estimate of drug-likeness (QED) is 0.586. The second kappa shape index (κ2) is 7.11. The molecule has 1 aromatic carbocycles. The van der Waals surface area contributed by atoms with Crippen molar-refractivity contribution in [1.82, 2.24) is 20.2 Å². The molecule has 0 radical (unpaired) electrons. The number of carbonyl (C=O) groups excluding carboxylic acids is 2. The number of hydrogen-bond acceptors (Lipinski definition) is 5. The molecule has 0 saturated heterocycles. The van der Waals surface area contributed by atoms with Crippen molar-refractivity contribution in [3.05, 3.63) is 23.9 Å². The fourth-order valence-corrected chi connectivity index (χ4v) is 4.62. The second-order valence-electron chi connectivity index (χ2n) is 8.74. The SMILES string of the molecule is CCN1C(=O)C(C)(C)c2cc3[nH]c(-c4[nH]ncc4NC(=O)OC4CCCC4)nc3cc21. The van der Waals surface area contributed by atoms with E-state index in [1.54, 1.807) is 11.1 Å². The number of benzene rings is 1. The molecule has 2 amide bonds. The van der Waals surface area contributed by atoms with E-state index in [0.717, 1.165) is 48.0 Å². The maximum Gasteiger partial charge on any atom is 0.412 e. The summed E-state index contributed by atoms with van der Waals surface area (Å²) < 4.78 is 5.49. The molecular weight excluding hydrogens is 396 g/mol. The molecule has 31 heavy (non-hydrogen) atoms. The first-order valence-corrected chi connectivity index (χ1v) is 10.8. The lowest BCUT2D eigenvalue weighted by atomic mass is 9.86. The Morgan fingerprint density at radius 2 is 2.10 bits per heavy atom. The third kappa shape index (κ3) is 3.15. The number of H-pyrrole nitrogens is 2. The number of amides is 2. The van der Waals surface area contributed by atoms with Gasteiger partial charge in [0.15, 0.2) is 5.82 Å². The van der Waals surface area contributed by atoms with Gasteiger partial charge in [0.25, 0.3) is 0 Å². The predicted molar refractivity (Wildman–Crippen MR) is 117 cm³/mol. The fourth-order valence-electron chi connectivity index (χ4n) is 4.62. The molecule has 9 nitrogen and oxygen atoms in total. The molecule has 1 saturated carbocycles. The number of imidazole rings is 1. The standard InChI is InChI=1S/C22H26N6O3/c1-4-28-17-10-15-14(9-13(17)22(2,3)20(28)29)24-19(25-15)18-16(11-23-27-18)26-21(30)31-12-7-5-6-8-12/h9-12H,4-8H2,1-3H3,(H,23,27)(H,24,25)(H,26,30).